The number of hydrogen-bond donors (Lipinski definition) is 0. The van der Waals surface area contributed by atoms with E-state index in [1.807, 2.05) is 29.6 Å². The highest BCUT2D eigenvalue weighted by molar-refractivity contribution is 5.85. The summed E-state index contributed by atoms with van der Waals surface area (Å²) in [4.78, 5) is 21.2. The van der Waals surface area contributed by atoms with E-state index >= 15 is 0 Å². The van der Waals surface area contributed by atoms with Crippen LogP contribution in [0.25, 0.3) is 0 Å². The van der Waals surface area contributed by atoms with Gasteiger partial charge in [0.2, 0.25) is 0 Å². The first-order chi connectivity index (χ1) is 10.6. The van der Waals surface area contributed by atoms with Crippen molar-refractivity contribution in [2.75, 3.05) is 46.0 Å². The Morgan fingerprint density at radius 2 is 2.09 bits per heavy atom. The summed E-state index contributed by atoms with van der Waals surface area (Å²) in [5.41, 5.74) is -0.777. The van der Waals surface area contributed by atoms with E-state index in [2.05, 4.69) is 9.88 Å². The van der Waals surface area contributed by atoms with Crippen molar-refractivity contribution in [2.45, 2.75) is 19.1 Å². The summed E-state index contributed by atoms with van der Waals surface area (Å²) in [7, 11) is 1.99. The van der Waals surface area contributed by atoms with Crippen LogP contribution in [0.5, 0.6) is 0 Å². The van der Waals surface area contributed by atoms with Gasteiger partial charge in [-0.1, -0.05) is 0 Å². The quantitative estimate of drug-likeness (QED) is 0.778. The van der Waals surface area contributed by atoms with Gasteiger partial charge in [-0.2, -0.15) is 0 Å². The maximum absolute atomic E-state index is 12.8. The molecule has 7 nitrogen and oxygen atoms in total. The molecule has 0 aliphatic carbocycles. The Bertz CT molecular complexity index is 527. The molecule has 22 heavy (non-hydrogen) atoms. The van der Waals surface area contributed by atoms with Crippen LogP contribution in [0.1, 0.15) is 12.7 Å². The number of morpholine rings is 2. The van der Waals surface area contributed by atoms with Crippen molar-refractivity contribution in [1.29, 1.82) is 0 Å². The van der Waals surface area contributed by atoms with Gasteiger partial charge in [-0.15, -0.1) is 0 Å². The fraction of sp³-hybridized carbons (Fsp3) is 0.733. The Kier molecular flexibility index (Phi) is 4.46. The zero-order valence-electron chi connectivity index (χ0n) is 13.3. The predicted molar refractivity (Wildman–Crippen MR) is 80.2 cm³/mol. The smallest absolute Gasteiger partial charge is 0.256 e. The van der Waals surface area contributed by atoms with Crippen LogP contribution in [0.3, 0.4) is 0 Å². The van der Waals surface area contributed by atoms with Crippen LogP contribution in [-0.2, 0) is 27.9 Å². The molecule has 0 bridgehead atoms. The van der Waals surface area contributed by atoms with Gasteiger partial charge in [-0.3, -0.25) is 9.69 Å². The fourth-order valence-electron chi connectivity index (χ4n) is 3.07. The van der Waals surface area contributed by atoms with Gasteiger partial charge in [0.25, 0.3) is 5.91 Å². The number of carbonyl (C=O) groups excluding carboxylic acids is 1. The van der Waals surface area contributed by atoms with E-state index < -0.39 is 5.60 Å². The highest BCUT2D eigenvalue weighted by Gasteiger charge is 2.42. The zero-order valence-corrected chi connectivity index (χ0v) is 13.3. The predicted octanol–water partition coefficient (Wildman–Crippen LogP) is -0.130. The normalized spacial score (nSPS) is 27.1. The van der Waals surface area contributed by atoms with Gasteiger partial charge in [0.1, 0.15) is 5.82 Å². The van der Waals surface area contributed by atoms with Gasteiger partial charge < -0.3 is 18.9 Å². The molecule has 2 aliphatic rings. The standard InChI is InChI=1S/C15H24N4O3/c1-15(14(20)19-6-8-21-9-7-19)12-18(5-10-22-15)11-13-16-3-4-17(13)2/h3-4H,5-12H2,1-2H3/t15-/m1/s1. The Labute approximate surface area is 130 Å². The number of nitrogens with zero attached hydrogens (tertiary/aromatic N) is 4. The van der Waals surface area contributed by atoms with E-state index in [-0.39, 0.29) is 5.91 Å². The monoisotopic (exact) mass is 308 g/mol. The van der Waals surface area contributed by atoms with Crippen molar-refractivity contribution in [3.63, 3.8) is 0 Å². The first-order valence-electron chi connectivity index (χ1n) is 7.78. The average molecular weight is 308 g/mol. The molecule has 0 aromatic carbocycles. The lowest BCUT2D eigenvalue weighted by Crippen LogP contribution is -2.60. The molecule has 1 amide bonds. The number of hydrogen-bond acceptors (Lipinski definition) is 5. The molecule has 2 aliphatic heterocycles. The van der Waals surface area contributed by atoms with E-state index in [1.165, 1.54) is 0 Å². The van der Waals surface area contributed by atoms with Crippen LogP contribution < -0.4 is 0 Å². The lowest BCUT2D eigenvalue weighted by molar-refractivity contribution is -0.171. The molecule has 3 rings (SSSR count). The Hall–Kier alpha value is -1.44. The summed E-state index contributed by atoms with van der Waals surface area (Å²) < 4.78 is 13.2. The molecule has 0 spiro atoms. The number of amides is 1. The maximum atomic E-state index is 12.8. The Balaban J connectivity index is 1.65. The zero-order chi connectivity index (χ0) is 15.6. The van der Waals surface area contributed by atoms with Crippen LogP contribution >= 0.6 is 0 Å². The summed E-state index contributed by atoms with van der Waals surface area (Å²) in [6, 6.07) is 0. The lowest BCUT2D eigenvalue weighted by Gasteiger charge is -2.42. The van der Waals surface area contributed by atoms with Crippen molar-refractivity contribution in [2.24, 2.45) is 7.05 Å². The van der Waals surface area contributed by atoms with Gasteiger partial charge in [-0.05, 0) is 6.92 Å². The second kappa shape index (κ2) is 6.36. The lowest BCUT2D eigenvalue weighted by atomic mass is 10.0. The number of imidazole rings is 1. The molecule has 1 aromatic rings. The molecular formula is C15H24N4O3. The minimum absolute atomic E-state index is 0.0698. The van der Waals surface area contributed by atoms with Crippen LogP contribution in [0.4, 0.5) is 0 Å². The first kappa shape index (κ1) is 15.5. The molecule has 3 heterocycles. The van der Waals surface area contributed by atoms with E-state index in [0.29, 0.717) is 39.5 Å². The molecule has 7 heteroatoms. The summed E-state index contributed by atoms with van der Waals surface area (Å²) in [6.07, 6.45) is 3.74. The van der Waals surface area contributed by atoms with E-state index in [4.69, 9.17) is 9.47 Å². The van der Waals surface area contributed by atoms with Crippen molar-refractivity contribution >= 4 is 5.91 Å². The molecule has 2 saturated heterocycles. The summed E-state index contributed by atoms with van der Waals surface area (Å²) in [5, 5.41) is 0. The SMILES string of the molecule is Cn1ccnc1CN1CCO[C@@](C)(C(=O)N2CCOCC2)C1. The molecular weight excluding hydrogens is 284 g/mol. The number of rotatable bonds is 3. The Morgan fingerprint density at radius 1 is 1.32 bits per heavy atom. The van der Waals surface area contributed by atoms with Crippen LogP contribution in [0.2, 0.25) is 0 Å². The summed E-state index contributed by atoms with van der Waals surface area (Å²) in [5.74, 6) is 1.07. The third-order valence-corrected chi connectivity index (χ3v) is 4.39. The van der Waals surface area contributed by atoms with E-state index in [0.717, 1.165) is 18.9 Å². The third-order valence-electron chi connectivity index (χ3n) is 4.39. The minimum Gasteiger partial charge on any atom is -0.378 e. The third kappa shape index (κ3) is 3.16. The summed E-state index contributed by atoms with van der Waals surface area (Å²) in [6.45, 7) is 7.13. The highest BCUT2D eigenvalue weighted by Crippen LogP contribution is 2.22. The highest BCUT2D eigenvalue weighted by atomic mass is 16.5. The van der Waals surface area contributed by atoms with Crippen LogP contribution in [-0.4, -0.2) is 76.9 Å². The number of aromatic nitrogens is 2. The van der Waals surface area contributed by atoms with Gasteiger partial charge >= 0.3 is 0 Å². The number of carbonyl (C=O) groups is 1. The number of aryl methyl sites for hydroxylation is 1. The topological polar surface area (TPSA) is 59.8 Å². The van der Waals surface area contributed by atoms with Crippen LogP contribution in [0.15, 0.2) is 12.4 Å². The van der Waals surface area contributed by atoms with Crippen molar-refractivity contribution in [1.82, 2.24) is 19.4 Å². The fourth-order valence-corrected chi connectivity index (χ4v) is 3.07. The van der Waals surface area contributed by atoms with Crippen molar-refractivity contribution < 1.29 is 14.3 Å². The van der Waals surface area contributed by atoms with E-state index in [9.17, 15) is 4.79 Å². The second-order valence-corrected chi connectivity index (χ2v) is 6.15. The molecule has 1 atom stereocenters. The van der Waals surface area contributed by atoms with Gasteiger partial charge in [0.15, 0.2) is 5.60 Å². The number of ether oxygens (including phenoxy) is 2. The molecule has 0 unspecified atom stereocenters. The molecule has 122 valence electrons. The Morgan fingerprint density at radius 3 is 2.77 bits per heavy atom. The largest absolute Gasteiger partial charge is 0.378 e. The molecule has 0 saturated carbocycles. The van der Waals surface area contributed by atoms with Gasteiger partial charge in [0.05, 0.1) is 26.4 Å². The molecule has 0 N–H and O–H groups in total. The molecule has 1 aromatic heterocycles. The van der Waals surface area contributed by atoms with Gasteiger partial charge in [0, 0.05) is 45.6 Å². The van der Waals surface area contributed by atoms with E-state index in [1.54, 1.807) is 6.20 Å². The van der Waals surface area contributed by atoms with Crippen molar-refractivity contribution in [3.8, 4) is 0 Å². The van der Waals surface area contributed by atoms with Gasteiger partial charge in [-0.25, -0.2) is 4.98 Å². The summed E-state index contributed by atoms with van der Waals surface area (Å²) >= 11 is 0. The maximum Gasteiger partial charge on any atom is 0.256 e. The van der Waals surface area contributed by atoms with Crippen molar-refractivity contribution in [3.05, 3.63) is 18.2 Å². The average Bonchev–Trinajstić information content (AvgIpc) is 2.93. The van der Waals surface area contributed by atoms with Crippen LogP contribution in [0, 0.1) is 0 Å². The molecule has 0 radical (unpaired) electrons. The first-order valence-corrected chi connectivity index (χ1v) is 7.78. The second-order valence-electron chi connectivity index (χ2n) is 6.15. The molecule has 2 fully saturated rings. The minimum atomic E-state index is -0.777.